The van der Waals surface area contributed by atoms with E-state index in [9.17, 15) is 13.2 Å². The number of rotatable bonds is 6. The van der Waals surface area contributed by atoms with Gasteiger partial charge in [0.2, 0.25) is 5.91 Å². The molecular weight excluding hydrogens is 422 g/mol. The number of carbonyl (C=O) groups excluding carboxylic acids is 1. The third-order valence-electron chi connectivity index (χ3n) is 5.97. The molecule has 2 aliphatic rings. The summed E-state index contributed by atoms with van der Waals surface area (Å²) in [6.45, 7) is 4.59. The van der Waals surface area contributed by atoms with Crippen LogP contribution in [0, 0.1) is 5.92 Å². The summed E-state index contributed by atoms with van der Waals surface area (Å²) in [6, 6.07) is 4.98. The van der Waals surface area contributed by atoms with Crippen LogP contribution in [0.25, 0.3) is 10.2 Å². The van der Waals surface area contributed by atoms with Crippen LogP contribution >= 0.6 is 11.3 Å². The van der Waals surface area contributed by atoms with E-state index in [1.807, 2.05) is 4.90 Å². The third-order valence-corrected chi connectivity index (χ3v) is 8.12. The number of benzene rings is 1. The van der Waals surface area contributed by atoms with E-state index in [0.717, 1.165) is 68.7 Å². The van der Waals surface area contributed by atoms with Gasteiger partial charge in [0, 0.05) is 38.4 Å². The van der Waals surface area contributed by atoms with Crippen LogP contribution < -0.4 is 4.90 Å². The van der Waals surface area contributed by atoms with Crippen molar-refractivity contribution in [2.45, 2.75) is 37.0 Å². The van der Waals surface area contributed by atoms with Gasteiger partial charge >= 0.3 is 0 Å². The molecule has 1 aliphatic heterocycles. The van der Waals surface area contributed by atoms with Gasteiger partial charge in [-0.15, -0.1) is 0 Å². The summed E-state index contributed by atoms with van der Waals surface area (Å²) in [5.41, 5.74) is 0.732. The molecule has 1 saturated carbocycles. The first kappa shape index (κ1) is 21.7. The summed E-state index contributed by atoms with van der Waals surface area (Å²) in [7, 11) is -3.28. The fourth-order valence-electron chi connectivity index (χ4n) is 4.18. The van der Waals surface area contributed by atoms with Crippen molar-refractivity contribution in [2.75, 3.05) is 50.5 Å². The average Bonchev–Trinajstić information content (AvgIpc) is 3.17. The first-order valence-electron chi connectivity index (χ1n) is 10.6. The Balaban J connectivity index is 1.60. The molecule has 0 N–H and O–H groups in total. The minimum Gasteiger partial charge on any atom is -0.379 e. The topological polar surface area (TPSA) is 79.8 Å². The molecule has 2 heterocycles. The molecule has 0 radical (unpaired) electrons. The predicted molar refractivity (Wildman–Crippen MR) is 119 cm³/mol. The number of hydrogen-bond acceptors (Lipinski definition) is 7. The Hall–Kier alpha value is -1.55. The van der Waals surface area contributed by atoms with Crippen molar-refractivity contribution < 1.29 is 17.9 Å². The number of nitrogens with zero attached hydrogens (tertiary/aromatic N) is 3. The lowest BCUT2D eigenvalue weighted by Crippen LogP contribution is -2.45. The normalized spacial score (nSPS) is 19.2. The molecule has 7 nitrogen and oxygen atoms in total. The largest absolute Gasteiger partial charge is 0.379 e. The Morgan fingerprint density at radius 1 is 1.23 bits per heavy atom. The number of carbonyl (C=O) groups is 1. The Bertz CT molecular complexity index is 993. The Morgan fingerprint density at radius 3 is 2.67 bits per heavy atom. The summed E-state index contributed by atoms with van der Waals surface area (Å²) in [5, 5.41) is 0.666. The van der Waals surface area contributed by atoms with Crippen molar-refractivity contribution >= 4 is 42.4 Å². The van der Waals surface area contributed by atoms with Crippen LogP contribution in [-0.4, -0.2) is 69.9 Å². The fourth-order valence-corrected chi connectivity index (χ4v) is 5.93. The zero-order chi connectivity index (χ0) is 21.1. The Morgan fingerprint density at radius 2 is 1.97 bits per heavy atom. The zero-order valence-corrected chi connectivity index (χ0v) is 19.0. The first-order valence-corrected chi connectivity index (χ1v) is 13.3. The highest BCUT2D eigenvalue weighted by Crippen LogP contribution is 2.33. The maximum Gasteiger partial charge on any atom is 0.231 e. The molecule has 9 heteroatoms. The van der Waals surface area contributed by atoms with Crippen LogP contribution in [0.4, 0.5) is 5.13 Å². The molecule has 1 aliphatic carbocycles. The number of hydrogen-bond donors (Lipinski definition) is 0. The van der Waals surface area contributed by atoms with Gasteiger partial charge in [0.15, 0.2) is 15.0 Å². The van der Waals surface area contributed by atoms with E-state index in [-0.39, 0.29) is 16.7 Å². The van der Waals surface area contributed by atoms with E-state index < -0.39 is 9.84 Å². The quantitative estimate of drug-likeness (QED) is 0.672. The van der Waals surface area contributed by atoms with Crippen LogP contribution in [0.3, 0.4) is 0 Å². The van der Waals surface area contributed by atoms with Gasteiger partial charge in [0.25, 0.3) is 0 Å². The van der Waals surface area contributed by atoms with Gasteiger partial charge in [-0.2, -0.15) is 0 Å². The number of anilines is 1. The van der Waals surface area contributed by atoms with Crippen molar-refractivity contribution in [1.82, 2.24) is 9.88 Å². The molecule has 2 fully saturated rings. The zero-order valence-electron chi connectivity index (χ0n) is 17.4. The smallest absolute Gasteiger partial charge is 0.231 e. The second-order valence-corrected chi connectivity index (χ2v) is 11.2. The molecule has 1 amide bonds. The van der Waals surface area contributed by atoms with Gasteiger partial charge in [0.1, 0.15) is 0 Å². The molecule has 0 atom stereocenters. The van der Waals surface area contributed by atoms with Crippen molar-refractivity contribution in [1.29, 1.82) is 0 Å². The summed E-state index contributed by atoms with van der Waals surface area (Å²) < 4.78 is 30.1. The van der Waals surface area contributed by atoms with Crippen LogP contribution in [0.5, 0.6) is 0 Å². The molecule has 30 heavy (non-hydrogen) atoms. The maximum absolute atomic E-state index is 13.4. The number of fused-ring (bicyclic) bond motifs is 1. The number of aromatic nitrogens is 1. The van der Waals surface area contributed by atoms with Crippen molar-refractivity contribution in [3.63, 3.8) is 0 Å². The molecule has 2 aromatic rings. The second kappa shape index (κ2) is 9.30. The fraction of sp³-hybridized carbons (Fsp3) is 0.619. The highest BCUT2D eigenvalue weighted by Gasteiger charge is 2.29. The molecule has 0 spiro atoms. The first-order chi connectivity index (χ1) is 14.4. The number of thiazole rings is 1. The summed E-state index contributed by atoms with van der Waals surface area (Å²) in [6.07, 6.45) is 6.49. The monoisotopic (exact) mass is 451 g/mol. The Labute approximate surface area is 181 Å². The Kier molecular flexibility index (Phi) is 6.72. The highest BCUT2D eigenvalue weighted by molar-refractivity contribution is 7.90. The van der Waals surface area contributed by atoms with Crippen LogP contribution in [-0.2, 0) is 19.4 Å². The lowest BCUT2D eigenvalue weighted by Gasteiger charge is -2.31. The standard InChI is InChI=1S/C21H29N3O4S2/c1-30(26,27)17-7-8-18-19(15-17)29-21(22-18)24(10-9-23-11-13-28-14-12-23)20(25)16-5-3-2-4-6-16/h7-8,15-16H,2-6,9-14H2,1H3. The number of ether oxygens (including phenoxy) is 1. The minimum atomic E-state index is -3.28. The van der Waals surface area contributed by atoms with Gasteiger partial charge in [-0.1, -0.05) is 30.6 Å². The molecule has 0 unspecified atom stereocenters. The van der Waals surface area contributed by atoms with E-state index in [4.69, 9.17) is 9.72 Å². The van der Waals surface area contributed by atoms with Crippen LogP contribution in [0.2, 0.25) is 0 Å². The average molecular weight is 452 g/mol. The molecule has 4 rings (SSSR count). The third kappa shape index (κ3) is 5.01. The van der Waals surface area contributed by atoms with Gasteiger partial charge in [-0.05, 0) is 31.0 Å². The maximum atomic E-state index is 13.4. The lowest BCUT2D eigenvalue weighted by atomic mass is 9.88. The summed E-state index contributed by atoms with van der Waals surface area (Å²) in [5.74, 6) is 0.215. The molecule has 1 saturated heterocycles. The molecule has 164 valence electrons. The summed E-state index contributed by atoms with van der Waals surface area (Å²) >= 11 is 1.40. The van der Waals surface area contributed by atoms with E-state index in [0.29, 0.717) is 11.7 Å². The molecule has 0 bridgehead atoms. The van der Waals surface area contributed by atoms with E-state index in [1.54, 1.807) is 18.2 Å². The van der Waals surface area contributed by atoms with Gasteiger partial charge in [-0.25, -0.2) is 13.4 Å². The number of amides is 1. The highest BCUT2D eigenvalue weighted by atomic mass is 32.2. The van der Waals surface area contributed by atoms with Gasteiger partial charge in [0.05, 0.1) is 28.3 Å². The summed E-state index contributed by atoms with van der Waals surface area (Å²) in [4.78, 5) is 22.6. The molecule has 1 aromatic carbocycles. The van der Waals surface area contributed by atoms with Crippen molar-refractivity contribution in [3.05, 3.63) is 18.2 Å². The van der Waals surface area contributed by atoms with E-state index >= 15 is 0 Å². The van der Waals surface area contributed by atoms with Crippen molar-refractivity contribution in [3.8, 4) is 0 Å². The predicted octanol–water partition coefficient (Wildman–Crippen LogP) is 2.95. The second-order valence-electron chi connectivity index (χ2n) is 8.18. The van der Waals surface area contributed by atoms with E-state index in [1.165, 1.54) is 24.0 Å². The van der Waals surface area contributed by atoms with E-state index in [2.05, 4.69) is 4.90 Å². The van der Waals surface area contributed by atoms with Crippen LogP contribution in [0.15, 0.2) is 23.1 Å². The molecule has 1 aromatic heterocycles. The van der Waals surface area contributed by atoms with Crippen molar-refractivity contribution in [2.24, 2.45) is 5.92 Å². The minimum absolute atomic E-state index is 0.0574. The lowest BCUT2D eigenvalue weighted by molar-refractivity contribution is -0.123. The molecular formula is C21H29N3O4S2. The SMILES string of the molecule is CS(=O)(=O)c1ccc2nc(N(CCN3CCOCC3)C(=O)C3CCCCC3)sc2c1. The number of sulfone groups is 1. The van der Waals surface area contributed by atoms with Crippen LogP contribution in [0.1, 0.15) is 32.1 Å². The van der Waals surface area contributed by atoms with Gasteiger partial charge in [-0.3, -0.25) is 14.6 Å². The van der Waals surface area contributed by atoms with Gasteiger partial charge < -0.3 is 4.74 Å². The number of morpholine rings is 1.